The third-order valence-corrected chi connectivity index (χ3v) is 8.72. The second kappa shape index (κ2) is 5.70. The lowest BCUT2D eigenvalue weighted by Crippen LogP contribution is -2.54. The Kier molecular flexibility index (Phi) is 3.95. The quantitative estimate of drug-likeness (QED) is 0.779. The van der Waals surface area contributed by atoms with Gasteiger partial charge in [0.15, 0.2) is 10.9 Å². The molecular weight excluding hydrogens is 334 g/mol. The molecule has 3 fully saturated rings. The van der Waals surface area contributed by atoms with Crippen LogP contribution in [-0.4, -0.2) is 28.6 Å². The average molecular weight is 362 g/mol. The van der Waals surface area contributed by atoms with Gasteiger partial charge in [-0.2, -0.15) is 0 Å². The Balaban J connectivity index is 1.75. The number of carbonyl (C=O) groups excluding carboxylic acids is 3. The molecule has 3 aliphatic carbocycles. The zero-order chi connectivity index (χ0) is 18.0. The highest BCUT2D eigenvalue weighted by Crippen LogP contribution is 2.63. The second-order valence-corrected chi connectivity index (χ2v) is 10.2. The smallest absolute Gasteiger partial charge is 0.226 e. The molecule has 4 aliphatic rings. The van der Waals surface area contributed by atoms with Gasteiger partial charge in [-0.15, -0.1) is 0 Å². The van der Waals surface area contributed by atoms with E-state index in [1.807, 2.05) is 6.08 Å². The highest BCUT2D eigenvalue weighted by Gasteiger charge is 2.61. The van der Waals surface area contributed by atoms with Crippen LogP contribution in [0.15, 0.2) is 11.6 Å². The third-order valence-electron chi connectivity index (χ3n) is 7.65. The average Bonchev–Trinajstić information content (AvgIpc) is 2.84. The number of fused-ring (bicyclic) bond motifs is 5. The van der Waals surface area contributed by atoms with Crippen LogP contribution in [0, 0.1) is 28.6 Å². The molecule has 4 rings (SSSR count). The van der Waals surface area contributed by atoms with Crippen LogP contribution in [0.4, 0.5) is 0 Å². The molecule has 1 aliphatic heterocycles. The maximum atomic E-state index is 12.4. The Morgan fingerprint density at radius 1 is 1.20 bits per heavy atom. The van der Waals surface area contributed by atoms with Crippen molar-refractivity contribution in [3.8, 4) is 0 Å². The number of amides is 1. The first kappa shape index (κ1) is 17.3. The van der Waals surface area contributed by atoms with Crippen LogP contribution in [0.25, 0.3) is 0 Å². The molecule has 2 saturated carbocycles. The summed E-state index contributed by atoms with van der Waals surface area (Å²) in [6.45, 7) is 6.82. The van der Waals surface area contributed by atoms with Gasteiger partial charge in [-0.3, -0.25) is 14.4 Å². The van der Waals surface area contributed by atoms with Gasteiger partial charge < -0.3 is 5.32 Å². The van der Waals surface area contributed by atoms with Crippen molar-refractivity contribution in [1.29, 1.82) is 0 Å². The molecule has 1 heterocycles. The molecule has 0 spiro atoms. The van der Waals surface area contributed by atoms with E-state index in [1.165, 1.54) is 17.3 Å². The summed E-state index contributed by atoms with van der Waals surface area (Å²) >= 11 is 1.39. The number of hydrogen-bond donors (Lipinski definition) is 1. The van der Waals surface area contributed by atoms with Gasteiger partial charge in [-0.05, 0) is 60.5 Å². The summed E-state index contributed by atoms with van der Waals surface area (Å²) < 4.78 is 0. The fourth-order valence-electron chi connectivity index (χ4n) is 6.27. The molecule has 0 aromatic carbocycles. The van der Waals surface area contributed by atoms with E-state index in [9.17, 15) is 14.4 Å². The van der Waals surface area contributed by atoms with E-state index in [4.69, 9.17) is 0 Å². The van der Waals surface area contributed by atoms with Crippen LogP contribution in [-0.2, 0) is 14.4 Å². The number of allylic oxidation sites excluding steroid dienone is 1. The molecule has 0 aromatic heterocycles. The molecule has 25 heavy (non-hydrogen) atoms. The van der Waals surface area contributed by atoms with Crippen molar-refractivity contribution >= 4 is 28.6 Å². The van der Waals surface area contributed by atoms with E-state index in [0.717, 1.165) is 32.2 Å². The fourth-order valence-corrected chi connectivity index (χ4v) is 7.46. The summed E-state index contributed by atoms with van der Waals surface area (Å²) in [6, 6.07) is 0. The Bertz CT molecular complexity index is 686. The molecule has 0 radical (unpaired) electrons. The molecule has 5 heteroatoms. The van der Waals surface area contributed by atoms with Gasteiger partial charge in [0.2, 0.25) is 5.91 Å². The zero-order valence-electron chi connectivity index (χ0n) is 15.3. The standard InChI is InChI=1S/C20H27NO3S/c1-11(22)25-17-9-13-14(19(2)6-4-12(23)8-15(17)19)5-7-20(3)16(13)10-21-18(20)24/h8,13-14,16-17H,4-7,9-10H2,1-3H3,(H,21,24)/t13-,14-,16+,17?,19-,20+/m1/s1. The fraction of sp³-hybridized carbons (Fsp3) is 0.750. The summed E-state index contributed by atoms with van der Waals surface area (Å²) in [4.78, 5) is 36.4. The van der Waals surface area contributed by atoms with Crippen LogP contribution in [0.2, 0.25) is 0 Å². The molecule has 0 bridgehead atoms. The molecule has 6 atom stereocenters. The van der Waals surface area contributed by atoms with Crippen molar-refractivity contribution in [1.82, 2.24) is 5.32 Å². The molecular formula is C20H27NO3S. The van der Waals surface area contributed by atoms with Gasteiger partial charge in [-0.25, -0.2) is 0 Å². The number of hydrogen-bond acceptors (Lipinski definition) is 4. The Hall–Kier alpha value is -1.10. The molecule has 4 nitrogen and oxygen atoms in total. The summed E-state index contributed by atoms with van der Waals surface area (Å²) in [6.07, 6.45) is 6.25. The minimum Gasteiger partial charge on any atom is -0.355 e. The predicted molar refractivity (Wildman–Crippen MR) is 97.9 cm³/mol. The minimum atomic E-state index is -0.255. The lowest BCUT2D eigenvalue weighted by atomic mass is 9.47. The Morgan fingerprint density at radius 2 is 1.96 bits per heavy atom. The summed E-state index contributed by atoms with van der Waals surface area (Å²) in [7, 11) is 0. The van der Waals surface area contributed by atoms with E-state index in [2.05, 4.69) is 19.2 Å². The van der Waals surface area contributed by atoms with Gasteiger partial charge in [0.05, 0.1) is 5.41 Å². The monoisotopic (exact) mass is 361 g/mol. The second-order valence-electron chi connectivity index (χ2n) is 8.86. The van der Waals surface area contributed by atoms with Gasteiger partial charge in [0.1, 0.15) is 0 Å². The van der Waals surface area contributed by atoms with E-state index >= 15 is 0 Å². The molecule has 1 N–H and O–H groups in total. The molecule has 0 aromatic rings. The van der Waals surface area contributed by atoms with E-state index in [-0.39, 0.29) is 32.9 Å². The number of thioether (sulfide) groups is 1. The summed E-state index contributed by atoms with van der Waals surface area (Å²) in [5.41, 5.74) is 0.942. The van der Waals surface area contributed by atoms with Crippen molar-refractivity contribution in [2.75, 3.05) is 6.54 Å². The number of carbonyl (C=O) groups is 3. The maximum absolute atomic E-state index is 12.4. The Morgan fingerprint density at radius 3 is 2.68 bits per heavy atom. The normalized spacial score (nSPS) is 45.8. The predicted octanol–water partition coefficient (Wildman–Crippen LogP) is 3.11. The maximum Gasteiger partial charge on any atom is 0.226 e. The first-order chi connectivity index (χ1) is 11.8. The van der Waals surface area contributed by atoms with Gasteiger partial charge >= 0.3 is 0 Å². The van der Waals surface area contributed by atoms with Gasteiger partial charge in [0, 0.05) is 25.1 Å². The van der Waals surface area contributed by atoms with Crippen molar-refractivity contribution in [2.24, 2.45) is 28.6 Å². The van der Waals surface area contributed by atoms with Crippen LogP contribution >= 0.6 is 11.8 Å². The van der Waals surface area contributed by atoms with Crippen molar-refractivity contribution in [2.45, 2.75) is 58.1 Å². The van der Waals surface area contributed by atoms with Crippen molar-refractivity contribution in [3.05, 3.63) is 11.6 Å². The van der Waals surface area contributed by atoms with E-state index in [1.54, 1.807) is 6.92 Å². The minimum absolute atomic E-state index is 0.00306. The number of rotatable bonds is 1. The highest BCUT2D eigenvalue weighted by molar-refractivity contribution is 8.14. The van der Waals surface area contributed by atoms with Crippen molar-refractivity contribution in [3.63, 3.8) is 0 Å². The third kappa shape index (κ3) is 2.45. The lowest BCUT2D eigenvalue weighted by Gasteiger charge is -2.58. The SMILES string of the molecule is CC(=O)SC1C[C@@H]2[C@@H](CC[C@]3(C)C(=O)NC[C@@H]23)[C@@]2(C)CCC(=O)C=C12. The van der Waals surface area contributed by atoms with Gasteiger partial charge in [0.25, 0.3) is 0 Å². The number of ketones is 1. The topological polar surface area (TPSA) is 63.2 Å². The summed E-state index contributed by atoms with van der Waals surface area (Å²) in [5, 5.41) is 3.30. The molecule has 1 amide bonds. The molecule has 1 saturated heterocycles. The van der Waals surface area contributed by atoms with E-state index in [0.29, 0.717) is 24.2 Å². The van der Waals surface area contributed by atoms with Crippen LogP contribution < -0.4 is 5.32 Å². The molecule has 1 unspecified atom stereocenters. The van der Waals surface area contributed by atoms with E-state index < -0.39 is 0 Å². The zero-order valence-corrected chi connectivity index (χ0v) is 16.1. The van der Waals surface area contributed by atoms with Crippen LogP contribution in [0.1, 0.15) is 52.9 Å². The first-order valence-corrected chi connectivity index (χ1v) is 10.3. The lowest BCUT2D eigenvalue weighted by molar-refractivity contribution is -0.133. The number of nitrogens with one attached hydrogen (secondary N) is 1. The van der Waals surface area contributed by atoms with Gasteiger partial charge in [-0.1, -0.05) is 25.6 Å². The van der Waals surface area contributed by atoms with Crippen LogP contribution in [0.5, 0.6) is 0 Å². The molecule has 136 valence electrons. The highest BCUT2D eigenvalue weighted by atomic mass is 32.2. The first-order valence-electron chi connectivity index (χ1n) is 9.46. The summed E-state index contributed by atoms with van der Waals surface area (Å²) in [5.74, 6) is 1.73. The Labute approximate surface area is 153 Å². The van der Waals surface area contributed by atoms with Crippen molar-refractivity contribution < 1.29 is 14.4 Å². The largest absolute Gasteiger partial charge is 0.355 e. The van der Waals surface area contributed by atoms with Crippen LogP contribution in [0.3, 0.4) is 0 Å².